The van der Waals surface area contributed by atoms with Crippen molar-refractivity contribution >= 4 is 23.4 Å². The number of ether oxygens (including phenoxy) is 1. The summed E-state index contributed by atoms with van der Waals surface area (Å²) in [5, 5.41) is 14.4. The molecule has 1 atom stereocenters. The molecule has 5 rings (SSSR count). The first-order chi connectivity index (χ1) is 23.6. The van der Waals surface area contributed by atoms with Gasteiger partial charge >= 0.3 is 12.3 Å². The maximum Gasteiger partial charge on any atom is 0.573 e. The Morgan fingerprint density at radius 1 is 0.816 bits per heavy atom. The van der Waals surface area contributed by atoms with Gasteiger partial charge in [0.05, 0.1) is 12.3 Å². The van der Waals surface area contributed by atoms with Crippen LogP contribution in [0, 0.1) is 0 Å². The molecule has 10 heteroatoms. The van der Waals surface area contributed by atoms with Gasteiger partial charge < -0.3 is 20.5 Å². The zero-order valence-corrected chi connectivity index (χ0v) is 26.8. The third kappa shape index (κ3) is 9.82. The molecule has 7 nitrogen and oxygen atoms in total. The monoisotopic (exact) mass is 670 g/mol. The third-order valence-electron chi connectivity index (χ3n) is 8.45. The number of rotatable bonds is 13. The zero-order valence-electron chi connectivity index (χ0n) is 26.8. The number of nitrogens with one attached hydrogen (secondary N) is 2. The number of carbonyl (C=O) groups is 3. The first kappa shape index (κ1) is 34.9. The van der Waals surface area contributed by atoms with Crippen LogP contribution < -0.4 is 15.4 Å². The topological polar surface area (TPSA) is 105 Å². The Labute approximate surface area is 282 Å². The molecule has 1 aliphatic carbocycles. The van der Waals surface area contributed by atoms with Crippen molar-refractivity contribution < 1.29 is 37.4 Å². The number of alkyl halides is 3. The molecule has 4 aromatic rings. The predicted octanol–water partition coefficient (Wildman–Crippen LogP) is 8.06. The number of carboxylic acids is 1. The van der Waals surface area contributed by atoms with E-state index in [9.17, 15) is 27.6 Å². The molecule has 0 saturated heterocycles. The van der Waals surface area contributed by atoms with Gasteiger partial charge in [0.25, 0.3) is 5.91 Å². The maximum absolute atomic E-state index is 14.0. The molecule has 1 aliphatic rings. The van der Waals surface area contributed by atoms with Crippen molar-refractivity contribution in [3.8, 4) is 16.9 Å². The first-order valence-electron chi connectivity index (χ1n) is 16.2. The zero-order chi connectivity index (χ0) is 34.8. The molecule has 0 saturated carbocycles. The molecule has 49 heavy (non-hydrogen) atoms. The van der Waals surface area contributed by atoms with Crippen LogP contribution in [0.15, 0.2) is 103 Å². The number of amides is 2. The van der Waals surface area contributed by atoms with Crippen molar-refractivity contribution in [1.29, 1.82) is 0 Å². The molecule has 0 aromatic heterocycles. The minimum absolute atomic E-state index is 0.00906. The molecule has 0 fully saturated rings. The van der Waals surface area contributed by atoms with Crippen LogP contribution in [0.4, 0.5) is 13.2 Å². The maximum atomic E-state index is 14.0. The van der Waals surface area contributed by atoms with Gasteiger partial charge in [0.1, 0.15) is 5.75 Å². The van der Waals surface area contributed by atoms with Gasteiger partial charge in [0.2, 0.25) is 5.91 Å². The van der Waals surface area contributed by atoms with Crippen LogP contribution in [0.3, 0.4) is 0 Å². The Bertz CT molecular complexity index is 1800. The molecule has 254 valence electrons. The van der Waals surface area contributed by atoms with E-state index in [1.807, 2.05) is 24.3 Å². The molecule has 1 unspecified atom stereocenters. The van der Waals surface area contributed by atoms with Gasteiger partial charge in [0, 0.05) is 24.2 Å². The lowest BCUT2D eigenvalue weighted by Crippen LogP contribution is -2.30. The predicted molar refractivity (Wildman–Crippen MR) is 181 cm³/mol. The number of para-hydroxylation sites is 1. The minimum atomic E-state index is -4.86. The Morgan fingerprint density at radius 3 is 2.18 bits per heavy atom. The lowest BCUT2D eigenvalue weighted by Gasteiger charge is -2.20. The van der Waals surface area contributed by atoms with Gasteiger partial charge in [-0.15, -0.1) is 13.2 Å². The van der Waals surface area contributed by atoms with Crippen molar-refractivity contribution in [2.75, 3.05) is 6.54 Å². The third-order valence-corrected chi connectivity index (χ3v) is 8.45. The number of allylic oxidation sites excluding steroid dienone is 2. The average molecular weight is 671 g/mol. The smallest absolute Gasteiger partial charge is 0.481 e. The van der Waals surface area contributed by atoms with Crippen molar-refractivity contribution in [2.45, 2.75) is 57.3 Å². The Hall–Kier alpha value is -5.38. The van der Waals surface area contributed by atoms with Crippen molar-refractivity contribution in [1.82, 2.24) is 10.6 Å². The molecular weight excluding hydrogens is 633 g/mol. The van der Waals surface area contributed by atoms with E-state index in [0.29, 0.717) is 23.1 Å². The molecule has 3 N–H and O–H groups in total. The highest BCUT2D eigenvalue weighted by Crippen LogP contribution is 2.36. The second-order valence-electron chi connectivity index (χ2n) is 11.9. The Balaban J connectivity index is 1.37. The second-order valence-corrected chi connectivity index (χ2v) is 11.9. The van der Waals surface area contributed by atoms with Crippen molar-refractivity contribution in [3.63, 3.8) is 0 Å². The van der Waals surface area contributed by atoms with Crippen LogP contribution in [0.1, 0.15) is 70.6 Å². The normalized spacial score (nSPS) is 13.6. The average Bonchev–Trinajstić information content (AvgIpc) is 3.10. The number of hydrogen-bond acceptors (Lipinski definition) is 4. The molecular formula is C39H37F3N2O5. The van der Waals surface area contributed by atoms with Gasteiger partial charge in [-0.3, -0.25) is 14.4 Å². The van der Waals surface area contributed by atoms with Crippen molar-refractivity contribution in [3.05, 3.63) is 131 Å². The largest absolute Gasteiger partial charge is 0.573 e. The molecule has 0 aliphatic heterocycles. The molecule has 0 bridgehead atoms. The number of aliphatic carboxylic acids is 1. The van der Waals surface area contributed by atoms with Gasteiger partial charge in [-0.25, -0.2) is 0 Å². The summed E-state index contributed by atoms with van der Waals surface area (Å²) >= 11 is 0. The van der Waals surface area contributed by atoms with E-state index in [2.05, 4.69) is 21.4 Å². The summed E-state index contributed by atoms with van der Waals surface area (Å²) in [5.74, 6) is -2.62. The van der Waals surface area contributed by atoms with E-state index in [0.717, 1.165) is 36.0 Å². The minimum Gasteiger partial charge on any atom is -0.481 e. The molecule has 0 spiro atoms. The standard InChI is InChI=1S/C39H37F3N2O5/c40-39(41,42)49-35-13-7-6-12-33(35)32-11-5-4-10-31(32)25-44-38(48)34(29-20-18-28(19-21-29)27-8-2-1-3-9-27)24-26-14-16-30(17-15-26)37(47)43-23-22-36(45)46/h4-8,10-21,34H,1-3,9,22-25H2,(H,43,47)(H,44,48)(H,45,46). The molecule has 0 heterocycles. The first-order valence-corrected chi connectivity index (χ1v) is 16.2. The highest BCUT2D eigenvalue weighted by molar-refractivity contribution is 5.94. The van der Waals surface area contributed by atoms with E-state index in [1.54, 1.807) is 60.7 Å². The summed E-state index contributed by atoms with van der Waals surface area (Å²) in [5.41, 5.74) is 5.75. The summed E-state index contributed by atoms with van der Waals surface area (Å²) in [6.07, 6.45) is 1.90. The van der Waals surface area contributed by atoms with Crippen LogP contribution in [-0.4, -0.2) is 35.8 Å². The van der Waals surface area contributed by atoms with E-state index in [1.165, 1.54) is 24.1 Å². The van der Waals surface area contributed by atoms with Gasteiger partial charge in [0.15, 0.2) is 0 Å². The van der Waals surface area contributed by atoms with E-state index in [4.69, 9.17) is 5.11 Å². The summed E-state index contributed by atoms with van der Waals surface area (Å²) < 4.78 is 43.8. The number of benzene rings is 4. The molecule has 0 radical (unpaired) electrons. The number of carboxylic acid groups (broad SMARTS) is 1. The number of hydrogen-bond donors (Lipinski definition) is 3. The summed E-state index contributed by atoms with van der Waals surface area (Å²) in [4.78, 5) is 37.2. The highest BCUT2D eigenvalue weighted by Gasteiger charge is 2.32. The van der Waals surface area contributed by atoms with Crippen LogP contribution in [0.5, 0.6) is 5.75 Å². The Kier molecular flexibility index (Phi) is 11.5. The fraction of sp³-hybridized carbons (Fsp3) is 0.256. The van der Waals surface area contributed by atoms with Gasteiger partial charge in [-0.2, -0.15) is 0 Å². The van der Waals surface area contributed by atoms with Gasteiger partial charge in [-0.05, 0) is 83.7 Å². The number of halogens is 3. The van der Waals surface area contributed by atoms with E-state index < -0.39 is 24.2 Å². The fourth-order valence-corrected chi connectivity index (χ4v) is 5.95. The number of carbonyl (C=O) groups excluding carboxylic acids is 2. The summed E-state index contributed by atoms with van der Waals surface area (Å²) in [7, 11) is 0. The van der Waals surface area contributed by atoms with E-state index >= 15 is 0 Å². The van der Waals surface area contributed by atoms with Crippen LogP contribution in [0.2, 0.25) is 0 Å². The molecule has 4 aromatic carbocycles. The highest BCUT2D eigenvalue weighted by atomic mass is 19.4. The quantitative estimate of drug-likeness (QED) is 0.134. The van der Waals surface area contributed by atoms with E-state index in [-0.39, 0.29) is 36.7 Å². The SMILES string of the molecule is O=C(O)CCNC(=O)c1ccc(CC(C(=O)NCc2ccccc2-c2ccccc2OC(F)(F)F)c2ccc(C3=CCCCC3)cc2)cc1. The van der Waals surface area contributed by atoms with Crippen molar-refractivity contribution in [2.24, 2.45) is 0 Å². The summed E-state index contributed by atoms with van der Waals surface area (Å²) in [6, 6.07) is 27.6. The Morgan fingerprint density at radius 2 is 1.51 bits per heavy atom. The van der Waals surface area contributed by atoms with Crippen LogP contribution >= 0.6 is 0 Å². The van der Waals surface area contributed by atoms with Crippen LogP contribution in [-0.2, 0) is 22.6 Å². The second kappa shape index (κ2) is 16.1. The van der Waals surface area contributed by atoms with Crippen LogP contribution in [0.25, 0.3) is 16.7 Å². The molecule has 2 amide bonds. The fourth-order valence-electron chi connectivity index (χ4n) is 5.95. The summed E-state index contributed by atoms with van der Waals surface area (Å²) in [6.45, 7) is 0.0708. The lowest BCUT2D eigenvalue weighted by molar-refractivity contribution is -0.274. The van der Waals surface area contributed by atoms with Gasteiger partial charge in [-0.1, -0.05) is 84.9 Å². The lowest BCUT2D eigenvalue weighted by atomic mass is 9.88.